The Balaban J connectivity index is 1.20. The molecular weight excluding hydrogens is 695 g/mol. The van der Waals surface area contributed by atoms with Gasteiger partial charge in [0.05, 0.1) is 17.6 Å². The summed E-state index contributed by atoms with van der Waals surface area (Å²) in [6, 6.07) is 65.4. The largest absolute Gasteiger partial charge is 0.278 e. The number of hydrogen-bond donors (Lipinski definition) is 0. The highest BCUT2D eigenvalue weighted by molar-refractivity contribution is 6.24. The van der Waals surface area contributed by atoms with Crippen LogP contribution in [-0.4, -0.2) is 19.5 Å². The Kier molecular flexibility index (Phi) is 7.48. The lowest BCUT2D eigenvalue weighted by Crippen LogP contribution is -2.06. The van der Waals surface area contributed by atoms with Crippen LogP contribution in [0.15, 0.2) is 188 Å². The highest BCUT2D eigenvalue weighted by Gasteiger charge is 2.22. The molecule has 9 aromatic carbocycles. The first kappa shape index (κ1) is 32.5. The maximum Gasteiger partial charge on any atom is 0.238 e. The average molecular weight is 726 g/mol. The van der Waals surface area contributed by atoms with Gasteiger partial charge in [-0.25, -0.2) is 9.83 Å². The third-order valence-corrected chi connectivity index (χ3v) is 11.0. The van der Waals surface area contributed by atoms with Crippen LogP contribution in [0.25, 0.3) is 110 Å². The highest BCUT2D eigenvalue weighted by Crippen LogP contribution is 2.46. The molecule has 0 saturated heterocycles. The van der Waals surface area contributed by atoms with Gasteiger partial charge >= 0.3 is 0 Å². The molecule has 2 heterocycles. The fraction of sp³-hybridized carbons (Fsp3) is 0. The van der Waals surface area contributed by atoms with Crippen LogP contribution >= 0.6 is 0 Å². The summed E-state index contributed by atoms with van der Waals surface area (Å²) < 4.78 is 2.11. The molecule has 0 aliphatic carbocycles. The molecule has 2 aromatic heterocycles. The van der Waals surface area contributed by atoms with E-state index in [1.807, 2.05) is 78.9 Å². The minimum absolute atomic E-state index is 0.515. The van der Waals surface area contributed by atoms with E-state index in [9.17, 15) is 0 Å². The maximum absolute atomic E-state index is 7.93. The van der Waals surface area contributed by atoms with E-state index in [4.69, 9.17) is 21.5 Å². The number of nitrogens with zero attached hydrogens (tertiary/aromatic N) is 5. The van der Waals surface area contributed by atoms with Crippen molar-refractivity contribution in [3.8, 4) is 51.0 Å². The molecule has 0 bridgehead atoms. The topological polar surface area (TPSA) is 48.0 Å². The van der Waals surface area contributed by atoms with Gasteiger partial charge in [0.25, 0.3) is 0 Å². The van der Waals surface area contributed by atoms with Crippen molar-refractivity contribution in [1.82, 2.24) is 19.5 Å². The van der Waals surface area contributed by atoms with Crippen LogP contribution in [0.1, 0.15) is 0 Å². The predicted octanol–water partition coefficient (Wildman–Crippen LogP) is 13.6. The summed E-state index contributed by atoms with van der Waals surface area (Å²) in [5.74, 6) is 1.70. The van der Waals surface area contributed by atoms with Crippen molar-refractivity contribution in [2.24, 2.45) is 0 Å². The lowest BCUT2D eigenvalue weighted by Gasteiger charge is -2.19. The van der Waals surface area contributed by atoms with E-state index < -0.39 is 0 Å². The third-order valence-electron chi connectivity index (χ3n) is 11.0. The smallest absolute Gasteiger partial charge is 0.238 e. The molecule has 11 aromatic rings. The molecule has 0 unspecified atom stereocenters. The molecule has 0 radical (unpaired) electrons. The van der Waals surface area contributed by atoms with E-state index >= 15 is 0 Å². The van der Waals surface area contributed by atoms with Gasteiger partial charge in [0.2, 0.25) is 5.95 Å². The van der Waals surface area contributed by atoms with Crippen molar-refractivity contribution in [3.63, 3.8) is 0 Å². The van der Waals surface area contributed by atoms with Crippen molar-refractivity contribution >= 4 is 59.8 Å². The quantitative estimate of drug-likeness (QED) is 0.131. The Bertz CT molecular complexity index is 3300. The number of aromatic nitrogens is 4. The van der Waals surface area contributed by atoms with Crippen molar-refractivity contribution in [3.05, 3.63) is 199 Å². The van der Waals surface area contributed by atoms with E-state index in [0.29, 0.717) is 23.3 Å². The summed E-state index contributed by atoms with van der Waals surface area (Å²) in [7, 11) is 0. The highest BCUT2D eigenvalue weighted by atomic mass is 15.2. The van der Waals surface area contributed by atoms with Crippen LogP contribution in [0.2, 0.25) is 0 Å². The first-order valence-corrected chi connectivity index (χ1v) is 19.0. The van der Waals surface area contributed by atoms with Crippen molar-refractivity contribution < 1.29 is 0 Å². The van der Waals surface area contributed by atoms with Crippen molar-refractivity contribution in [2.75, 3.05) is 0 Å². The fourth-order valence-electron chi connectivity index (χ4n) is 8.52. The van der Waals surface area contributed by atoms with Gasteiger partial charge in [-0.1, -0.05) is 164 Å². The van der Waals surface area contributed by atoms with Crippen LogP contribution in [0.5, 0.6) is 0 Å². The molecule has 5 heteroatoms. The predicted molar refractivity (Wildman–Crippen MR) is 235 cm³/mol. The van der Waals surface area contributed by atoms with Crippen LogP contribution in [0.4, 0.5) is 5.69 Å². The summed E-state index contributed by atoms with van der Waals surface area (Å²) in [5.41, 5.74) is 8.97. The van der Waals surface area contributed by atoms with Crippen LogP contribution in [0, 0.1) is 6.57 Å². The molecule has 0 aliphatic heterocycles. The maximum atomic E-state index is 7.93. The van der Waals surface area contributed by atoms with Gasteiger partial charge in [-0.15, -0.1) is 0 Å². The summed E-state index contributed by atoms with van der Waals surface area (Å²) in [6.07, 6.45) is 0. The lowest BCUT2D eigenvalue weighted by atomic mass is 9.84. The van der Waals surface area contributed by atoms with Gasteiger partial charge in [0, 0.05) is 16.5 Å². The second kappa shape index (κ2) is 13.1. The monoisotopic (exact) mass is 725 g/mol. The minimum atomic E-state index is 0.515. The van der Waals surface area contributed by atoms with Gasteiger partial charge in [-0.2, -0.15) is 9.97 Å². The molecule has 0 fully saturated rings. The average Bonchev–Trinajstić information content (AvgIpc) is 3.61. The molecule has 0 amide bonds. The van der Waals surface area contributed by atoms with Gasteiger partial charge in [0.1, 0.15) is 0 Å². The summed E-state index contributed by atoms with van der Waals surface area (Å²) in [4.78, 5) is 19.0. The summed E-state index contributed by atoms with van der Waals surface area (Å²) in [5, 5.41) is 9.20. The van der Waals surface area contributed by atoms with E-state index in [1.165, 1.54) is 49.0 Å². The van der Waals surface area contributed by atoms with Gasteiger partial charge in [-0.05, 0) is 84.2 Å². The first-order valence-electron chi connectivity index (χ1n) is 19.0. The Morgan fingerprint density at radius 3 is 1.51 bits per heavy atom. The van der Waals surface area contributed by atoms with E-state index in [-0.39, 0.29) is 0 Å². The molecular formula is C52H31N5. The minimum Gasteiger partial charge on any atom is -0.278 e. The molecule has 0 aliphatic rings. The van der Waals surface area contributed by atoms with Crippen LogP contribution < -0.4 is 0 Å². The molecule has 0 N–H and O–H groups in total. The standard InChI is InChI=1S/C52H31N5/c1-53-37-28-30-47-45(32-37)44-31-36(27-29-46(44)57(47)52-55-50(34-16-4-2-5-17-34)54-51(56-52)35-18-6-3-7-19-35)48-40-22-10-12-24-42(40)49(43-25-13-11-23-41(43)48)39-26-14-20-33-15-8-9-21-38(33)39/h2-32H. The normalized spacial score (nSPS) is 11.5. The van der Waals surface area contributed by atoms with Crippen LogP contribution in [0.3, 0.4) is 0 Å². The van der Waals surface area contributed by atoms with Crippen molar-refractivity contribution in [1.29, 1.82) is 0 Å². The summed E-state index contributed by atoms with van der Waals surface area (Å²) in [6.45, 7) is 7.93. The van der Waals surface area contributed by atoms with Gasteiger partial charge < -0.3 is 0 Å². The van der Waals surface area contributed by atoms with E-state index in [0.717, 1.165) is 38.5 Å². The number of rotatable bonds is 5. The molecule has 57 heavy (non-hydrogen) atoms. The first-order chi connectivity index (χ1) is 28.2. The molecule has 264 valence electrons. The fourth-order valence-corrected chi connectivity index (χ4v) is 8.52. The van der Waals surface area contributed by atoms with E-state index in [2.05, 4.69) is 119 Å². The Hall–Kier alpha value is -7.94. The molecule has 11 rings (SSSR count). The van der Waals surface area contributed by atoms with E-state index in [1.54, 1.807) is 0 Å². The zero-order valence-corrected chi connectivity index (χ0v) is 30.6. The Labute approximate surface area is 328 Å². The molecule has 0 spiro atoms. The number of hydrogen-bond acceptors (Lipinski definition) is 3. The molecule has 5 nitrogen and oxygen atoms in total. The SMILES string of the molecule is [C-]#[N+]c1ccc2c(c1)c1cc(-c3c4ccccc4c(-c4cccc5ccccc45)c4ccccc34)ccc1n2-c1nc(-c2ccccc2)nc(-c2ccccc2)n1. The lowest BCUT2D eigenvalue weighted by molar-refractivity contribution is 0.953. The number of benzene rings is 9. The zero-order valence-electron chi connectivity index (χ0n) is 30.6. The third kappa shape index (κ3) is 5.27. The number of fused-ring (bicyclic) bond motifs is 6. The summed E-state index contributed by atoms with van der Waals surface area (Å²) >= 11 is 0. The van der Waals surface area contributed by atoms with Gasteiger partial charge in [0.15, 0.2) is 17.3 Å². The molecule has 0 atom stereocenters. The van der Waals surface area contributed by atoms with Crippen molar-refractivity contribution in [2.45, 2.75) is 0 Å². The van der Waals surface area contributed by atoms with Crippen LogP contribution in [-0.2, 0) is 0 Å². The molecule has 0 saturated carbocycles. The van der Waals surface area contributed by atoms with Gasteiger partial charge in [-0.3, -0.25) is 4.57 Å². The Morgan fingerprint density at radius 2 is 0.895 bits per heavy atom. The zero-order chi connectivity index (χ0) is 37.9. The second-order valence-corrected chi connectivity index (χ2v) is 14.3. The Morgan fingerprint density at radius 1 is 0.386 bits per heavy atom. The second-order valence-electron chi connectivity index (χ2n) is 14.3.